The molecular formula is C20H23N3O6S. The zero-order valence-corrected chi connectivity index (χ0v) is 17.9. The lowest BCUT2D eigenvalue weighted by atomic mass is 10.2. The maximum atomic E-state index is 13.0. The Kier molecular flexibility index (Phi) is 6.46. The maximum Gasteiger partial charge on any atom is 0.262 e. The van der Waals surface area contributed by atoms with E-state index >= 15 is 0 Å². The lowest BCUT2D eigenvalue weighted by Crippen LogP contribution is -2.14. The number of hydrogen-bond acceptors (Lipinski definition) is 8. The third kappa shape index (κ3) is 4.48. The highest BCUT2D eigenvalue weighted by molar-refractivity contribution is 7.92. The van der Waals surface area contributed by atoms with E-state index < -0.39 is 10.0 Å². The van der Waals surface area contributed by atoms with Crippen LogP contribution in [0.5, 0.6) is 17.2 Å². The van der Waals surface area contributed by atoms with Crippen molar-refractivity contribution in [3.63, 3.8) is 0 Å². The van der Waals surface area contributed by atoms with E-state index in [1.165, 1.54) is 45.6 Å². The summed E-state index contributed by atoms with van der Waals surface area (Å²) in [7, 11) is 0.467. The molecule has 0 amide bonds. The maximum absolute atomic E-state index is 13.0. The molecule has 0 fully saturated rings. The predicted molar refractivity (Wildman–Crippen MR) is 111 cm³/mol. The second-order valence-electron chi connectivity index (χ2n) is 6.30. The summed E-state index contributed by atoms with van der Waals surface area (Å²) in [5, 5.41) is 3.92. The number of aromatic nitrogens is 2. The van der Waals surface area contributed by atoms with Crippen LogP contribution in [0.15, 0.2) is 45.8 Å². The smallest absolute Gasteiger partial charge is 0.262 e. The van der Waals surface area contributed by atoms with Gasteiger partial charge >= 0.3 is 0 Å². The van der Waals surface area contributed by atoms with E-state index in [1.54, 1.807) is 12.1 Å². The van der Waals surface area contributed by atoms with E-state index in [4.69, 9.17) is 18.7 Å². The number of aryl methyl sites for hydroxylation is 1. The van der Waals surface area contributed by atoms with Crippen LogP contribution in [0.3, 0.4) is 0 Å². The average molecular weight is 433 g/mol. The molecule has 160 valence electrons. The number of rotatable bonds is 9. The standard InChI is InChI=1S/C20H23N3O6S/c1-5-6-19-21-20(29-22-19)15-12-14(8-10-17(15)27-3)30(24,25)23-16-11-13(26-2)7-9-18(16)28-4/h7-12,23H,5-6H2,1-4H3. The molecule has 1 N–H and O–H groups in total. The Morgan fingerprint density at radius 3 is 2.40 bits per heavy atom. The number of ether oxygens (including phenoxy) is 3. The molecule has 0 unspecified atom stereocenters. The van der Waals surface area contributed by atoms with Gasteiger partial charge in [-0.25, -0.2) is 8.42 Å². The Hall–Kier alpha value is -3.27. The van der Waals surface area contributed by atoms with Crippen molar-refractivity contribution in [2.24, 2.45) is 0 Å². The van der Waals surface area contributed by atoms with Gasteiger partial charge in [-0.3, -0.25) is 4.72 Å². The molecule has 30 heavy (non-hydrogen) atoms. The molecule has 0 aliphatic carbocycles. The molecule has 3 rings (SSSR count). The van der Waals surface area contributed by atoms with Crippen molar-refractivity contribution in [3.05, 3.63) is 42.2 Å². The van der Waals surface area contributed by atoms with Crippen LogP contribution in [0.25, 0.3) is 11.5 Å². The van der Waals surface area contributed by atoms with Gasteiger partial charge in [0.15, 0.2) is 5.82 Å². The minimum Gasteiger partial charge on any atom is -0.497 e. The van der Waals surface area contributed by atoms with Crippen molar-refractivity contribution >= 4 is 15.7 Å². The Labute approximate surface area is 175 Å². The number of sulfonamides is 1. The van der Waals surface area contributed by atoms with Gasteiger partial charge in [0.2, 0.25) is 0 Å². The minimum absolute atomic E-state index is 0.00147. The topological polar surface area (TPSA) is 113 Å². The number of anilines is 1. The largest absolute Gasteiger partial charge is 0.497 e. The van der Waals surface area contributed by atoms with E-state index in [2.05, 4.69) is 14.9 Å². The summed E-state index contributed by atoms with van der Waals surface area (Å²) >= 11 is 0. The zero-order chi connectivity index (χ0) is 21.7. The second-order valence-corrected chi connectivity index (χ2v) is 7.98. The van der Waals surface area contributed by atoms with Gasteiger partial charge in [0, 0.05) is 12.5 Å². The molecule has 0 bridgehead atoms. The normalized spacial score (nSPS) is 11.2. The number of nitrogens with zero attached hydrogens (tertiary/aromatic N) is 2. The van der Waals surface area contributed by atoms with Gasteiger partial charge in [0.25, 0.3) is 15.9 Å². The summed E-state index contributed by atoms with van der Waals surface area (Å²) in [6.07, 6.45) is 1.51. The fourth-order valence-corrected chi connectivity index (χ4v) is 3.89. The molecule has 0 spiro atoms. The molecule has 3 aromatic rings. The van der Waals surface area contributed by atoms with E-state index in [1.807, 2.05) is 6.92 Å². The second kappa shape index (κ2) is 9.04. The monoisotopic (exact) mass is 433 g/mol. The van der Waals surface area contributed by atoms with Crippen LogP contribution in [0.4, 0.5) is 5.69 Å². The highest BCUT2D eigenvalue weighted by Gasteiger charge is 2.22. The van der Waals surface area contributed by atoms with Crippen molar-refractivity contribution < 1.29 is 27.2 Å². The fourth-order valence-electron chi connectivity index (χ4n) is 2.81. The third-order valence-corrected chi connectivity index (χ3v) is 5.67. The summed E-state index contributed by atoms with van der Waals surface area (Å²) in [6.45, 7) is 2.00. The number of nitrogens with one attached hydrogen (secondary N) is 1. The Morgan fingerprint density at radius 1 is 1.00 bits per heavy atom. The molecule has 2 aromatic carbocycles. The van der Waals surface area contributed by atoms with E-state index in [0.717, 1.165) is 6.42 Å². The SMILES string of the molecule is CCCc1noc(-c2cc(S(=O)(=O)Nc3cc(OC)ccc3OC)ccc2OC)n1. The summed E-state index contributed by atoms with van der Waals surface area (Å²) < 4.78 is 49.7. The first-order valence-electron chi connectivity index (χ1n) is 9.17. The van der Waals surface area contributed by atoms with E-state index in [0.29, 0.717) is 35.1 Å². The van der Waals surface area contributed by atoms with E-state index in [9.17, 15) is 8.42 Å². The summed E-state index contributed by atoms with van der Waals surface area (Å²) in [6, 6.07) is 9.22. The van der Waals surface area contributed by atoms with Gasteiger partial charge in [0.05, 0.1) is 37.5 Å². The molecule has 0 radical (unpaired) electrons. The molecule has 1 heterocycles. The Morgan fingerprint density at radius 2 is 1.73 bits per heavy atom. The molecule has 0 saturated heterocycles. The van der Waals surface area contributed by atoms with Crippen LogP contribution in [0, 0.1) is 0 Å². The number of methoxy groups -OCH3 is 3. The van der Waals surface area contributed by atoms with Gasteiger partial charge in [-0.15, -0.1) is 0 Å². The quantitative estimate of drug-likeness (QED) is 0.545. The van der Waals surface area contributed by atoms with Gasteiger partial charge < -0.3 is 18.7 Å². The lowest BCUT2D eigenvalue weighted by molar-refractivity contribution is 0.402. The Bertz CT molecular complexity index is 1130. The van der Waals surface area contributed by atoms with Gasteiger partial charge in [0.1, 0.15) is 17.2 Å². The number of benzene rings is 2. The van der Waals surface area contributed by atoms with Crippen molar-refractivity contribution in [2.75, 3.05) is 26.1 Å². The molecule has 10 heteroatoms. The van der Waals surface area contributed by atoms with Gasteiger partial charge in [-0.2, -0.15) is 4.98 Å². The number of hydrogen-bond donors (Lipinski definition) is 1. The zero-order valence-electron chi connectivity index (χ0n) is 17.1. The summed E-state index contributed by atoms with van der Waals surface area (Å²) in [4.78, 5) is 4.33. The first-order chi connectivity index (χ1) is 14.4. The van der Waals surface area contributed by atoms with Crippen molar-refractivity contribution in [2.45, 2.75) is 24.7 Å². The molecule has 0 atom stereocenters. The molecule has 0 aliphatic heterocycles. The average Bonchev–Trinajstić information content (AvgIpc) is 3.21. The fraction of sp³-hybridized carbons (Fsp3) is 0.300. The first-order valence-corrected chi connectivity index (χ1v) is 10.7. The van der Waals surface area contributed by atoms with Crippen LogP contribution >= 0.6 is 0 Å². The Balaban J connectivity index is 2.00. The highest BCUT2D eigenvalue weighted by atomic mass is 32.2. The van der Waals surface area contributed by atoms with Crippen LogP contribution in [0.1, 0.15) is 19.2 Å². The molecule has 1 aromatic heterocycles. The first kappa shape index (κ1) is 21.4. The van der Waals surface area contributed by atoms with Crippen molar-refractivity contribution in [1.82, 2.24) is 10.1 Å². The molecule has 9 nitrogen and oxygen atoms in total. The lowest BCUT2D eigenvalue weighted by Gasteiger charge is -2.14. The van der Waals surface area contributed by atoms with Crippen LogP contribution < -0.4 is 18.9 Å². The summed E-state index contributed by atoms with van der Waals surface area (Å²) in [5.41, 5.74) is 0.630. The van der Waals surface area contributed by atoms with E-state index in [-0.39, 0.29) is 16.5 Å². The molecular weight excluding hydrogens is 410 g/mol. The summed E-state index contributed by atoms with van der Waals surface area (Å²) in [5.74, 6) is 1.99. The van der Waals surface area contributed by atoms with Crippen molar-refractivity contribution in [1.29, 1.82) is 0 Å². The minimum atomic E-state index is -3.96. The van der Waals surface area contributed by atoms with Gasteiger partial charge in [-0.05, 0) is 36.8 Å². The van der Waals surface area contributed by atoms with Crippen LogP contribution in [-0.4, -0.2) is 39.9 Å². The van der Waals surface area contributed by atoms with Crippen LogP contribution in [0.2, 0.25) is 0 Å². The third-order valence-electron chi connectivity index (χ3n) is 4.30. The van der Waals surface area contributed by atoms with Gasteiger partial charge in [-0.1, -0.05) is 12.1 Å². The highest BCUT2D eigenvalue weighted by Crippen LogP contribution is 2.34. The van der Waals surface area contributed by atoms with Crippen molar-refractivity contribution in [3.8, 4) is 28.7 Å². The molecule has 0 aliphatic rings. The predicted octanol–water partition coefficient (Wildman–Crippen LogP) is 3.52. The molecule has 0 saturated carbocycles. The van der Waals surface area contributed by atoms with Crippen LogP contribution in [-0.2, 0) is 16.4 Å².